The average Bonchev–Trinajstić information content (AvgIpc) is 2.58. The normalized spacial score (nSPS) is 10.8. The van der Waals surface area contributed by atoms with E-state index in [2.05, 4.69) is 15.2 Å². The van der Waals surface area contributed by atoms with Crippen LogP contribution in [0.3, 0.4) is 0 Å². The summed E-state index contributed by atoms with van der Waals surface area (Å²) in [5.74, 6) is -0.713. The molecule has 0 atom stereocenters. The number of nitrogens with one attached hydrogen (secondary N) is 1. The molecule has 7 heteroatoms. The van der Waals surface area contributed by atoms with Gasteiger partial charge in [0.1, 0.15) is 0 Å². The van der Waals surface area contributed by atoms with Gasteiger partial charge in [0.05, 0.1) is 7.11 Å². The largest absolute Gasteiger partial charge is 0.464 e. The number of anilines is 1. The molecule has 2 aromatic carbocycles. The van der Waals surface area contributed by atoms with E-state index in [1.54, 1.807) is 54.6 Å². The molecule has 1 amide bonds. The predicted octanol–water partition coefficient (Wildman–Crippen LogP) is 3.47. The van der Waals surface area contributed by atoms with Crippen LogP contribution in [-0.4, -0.2) is 24.9 Å². The van der Waals surface area contributed by atoms with Crippen LogP contribution in [0.5, 0.6) is 0 Å². The maximum atomic E-state index is 11.7. The van der Waals surface area contributed by atoms with E-state index in [1.807, 2.05) is 0 Å². The van der Waals surface area contributed by atoms with Gasteiger partial charge in [-0.3, -0.25) is 10.2 Å². The number of oxime groups is 1. The van der Waals surface area contributed by atoms with E-state index in [-0.39, 0.29) is 5.71 Å². The van der Waals surface area contributed by atoms with Crippen LogP contribution < -0.4 is 5.32 Å². The lowest BCUT2D eigenvalue weighted by Crippen LogP contribution is -2.19. The van der Waals surface area contributed by atoms with E-state index in [4.69, 9.17) is 16.4 Å². The van der Waals surface area contributed by atoms with E-state index in [0.29, 0.717) is 16.3 Å². The lowest BCUT2D eigenvalue weighted by Gasteiger charge is -2.05. The van der Waals surface area contributed by atoms with Crippen molar-refractivity contribution in [2.75, 3.05) is 12.4 Å². The molecule has 1 N–H and O–H groups in total. The Labute approximate surface area is 137 Å². The van der Waals surface area contributed by atoms with Crippen molar-refractivity contribution in [1.29, 1.82) is 0 Å². The fraction of sp³-hybridized carbons (Fsp3) is 0.0625. The monoisotopic (exact) mass is 332 g/mol. The topological polar surface area (TPSA) is 77.0 Å². The minimum atomic E-state index is -0.843. The van der Waals surface area contributed by atoms with Crippen molar-refractivity contribution >= 4 is 35.1 Å². The van der Waals surface area contributed by atoms with E-state index >= 15 is 0 Å². The number of carbonyl (C=O) groups excluding carboxylic acids is 2. The Kier molecular flexibility index (Phi) is 5.71. The second-order valence-electron chi connectivity index (χ2n) is 4.31. The molecule has 0 radical (unpaired) electrons. The van der Waals surface area contributed by atoms with Crippen molar-refractivity contribution in [3.63, 3.8) is 0 Å². The minimum Gasteiger partial charge on any atom is -0.464 e. The van der Waals surface area contributed by atoms with Crippen LogP contribution in [-0.2, 0) is 14.4 Å². The van der Waals surface area contributed by atoms with Crippen LogP contribution in [0.4, 0.5) is 10.5 Å². The third-order valence-electron chi connectivity index (χ3n) is 2.74. The maximum absolute atomic E-state index is 11.7. The summed E-state index contributed by atoms with van der Waals surface area (Å²) >= 11 is 5.75. The standard InChI is InChI=1S/C16H13ClN2O4/c1-22-15(20)14(11-5-3-2-4-6-11)19-23-16(21)18-13-9-7-12(17)8-10-13/h2-10H,1H3,(H,18,21)/b19-14+. The first-order valence-electron chi connectivity index (χ1n) is 6.55. The Hall–Kier alpha value is -2.86. The van der Waals surface area contributed by atoms with Gasteiger partial charge < -0.3 is 4.74 Å². The number of hydrogen-bond acceptors (Lipinski definition) is 5. The number of amides is 1. The van der Waals surface area contributed by atoms with Crippen molar-refractivity contribution in [1.82, 2.24) is 0 Å². The molecule has 118 valence electrons. The van der Waals surface area contributed by atoms with Gasteiger partial charge in [-0.1, -0.05) is 47.1 Å². The van der Waals surface area contributed by atoms with Crippen molar-refractivity contribution < 1.29 is 19.2 Å². The van der Waals surface area contributed by atoms with Gasteiger partial charge in [0.15, 0.2) is 5.71 Å². The molecule has 23 heavy (non-hydrogen) atoms. The molecule has 2 rings (SSSR count). The molecular weight excluding hydrogens is 320 g/mol. The summed E-state index contributed by atoms with van der Waals surface area (Å²) in [5, 5.41) is 6.58. The van der Waals surface area contributed by atoms with Gasteiger partial charge in [-0.25, -0.2) is 9.59 Å². The molecule has 0 heterocycles. The summed E-state index contributed by atoms with van der Waals surface area (Å²) < 4.78 is 4.63. The number of nitrogens with zero attached hydrogens (tertiary/aromatic N) is 1. The number of halogens is 1. The lowest BCUT2D eigenvalue weighted by atomic mass is 10.1. The van der Waals surface area contributed by atoms with Crippen molar-refractivity contribution in [3.8, 4) is 0 Å². The molecule has 0 aromatic heterocycles. The summed E-state index contributed by atoms with van der Waals surface area (Å²) in [6.45, 7) is 0. The zero-order valence-electron chi connectivity index (χ0n) is 12.2. The van der Waals surface area contributed by atoms with E-state index < -0.39 is 12.1 Å². The Morgan fingerprint density at radius 1 is 1.04 bits per heavy atom. The van der Waals surface area contributed by atoms with Crippen LogP contribution in [0.1, 0.15) is 5.56 Å². The summed E-state index contributed by atoms with van der Waals surface area (Å²) in [6.07, 6.45) is -0.843. The van der Waals surface area contributed by atoms with Crippen LogP contribution >= 0.6 is 11.6 Å². The predicted molar refractivity (Wildman–Crippen MR) is 86.6 cm³/mol. The number of benzene rings is 2. The number of methoxy groups -OCH3 is 1. The second kappa shape index (κ2) is 7.95. The van der Waals surface area contributed by atoms with Crippen LogP contribution in [0.15, 0.2) is 59.8 Å². The molecule has 0 fully saturated rings. The van der Waals surface area contributed by atoms with Crippen molar-refractivity contribution in [2.24, 2.45) is 5.16 Å². The second-order valence-corrected chi connectivity index (χ2v) is 4.74. The molecule has 0 spiro atoms. The summed E-state index contributed by atoms with van der Waals surface area (Å²) in [4.78, 5) is 28.2. The molecule has 0 bridgehead atoms. The molecule has 0 aliphatic rings. The third kappa shape index (κ3) is 4.82. The third-order valence-corrected chi connectivity index (χ3v) is 2.99. The fourth-order valence-corrected chi connectivity index (χ4v) is 1.79. The number of hydrogen-bond donors (Lipinski definition) is 1. The van der Waals surface area contributed by atoms with Crippen molar-refractivity contribution in [2.45, 2.75) is 0 Å². The summed E-state index contributed by atoms with van der Waals surface area (Å²) in [5.41, 5.74) is 0.840. The fourth-order valence-electron chi connectivity index (χ4n) is 1.66. The van der Waals surface area contributed by atoms with Crippen LogP contribution in [0, 0.1) is 0 Å². The first-order valence-corrected chi connectivity index (χ1v) is 6.93. The first-order chi connectivity index (χ1) is 11.1. The lowest BCUT2D eigenvalue weighted by molar-refractivity contribution is -0.132. The average molecular weight is 333 g/mol. The van der Waals surface area contributed by atoms with Crippen LogP contribution in [0.25, 0.3) is 0 Å². The Morgan fingerprint density at radius 3 is 2.30 bits per heavy atom. The molecule has 0 saturated carbocycles. The smallest absolute Gasteiger partial charge is 0.437 e. The number of ether oxygens (including phenoxy) is 1. The van der Waals surface area contributed by atoms with E-state index in [1.165, 1.54) is 7.11 Å². The highest BCUT2D eigenvalue weighted by molar-refractivity contribution is 6.43. The Bertz CT molecular complexity index is 715. The van der Waals surface area contributed by atoms with E-state index in [0.717, 1.165) is 0 Å². The van der Waals surface area contributed by atoms with Gasteiger partial charge in [-0.2, -0.15) is 0 Å². The highest BCUT2D eigenvalue weighted by Gasteiger charge is 2.16. The minimum absolute atomic E-state index is 0.112. The van der Waals surface area contributed by atoms with Gasteiger partial charge in [-0.05, 0) is 24.3 Å². The zero-order valence-corrected chi connectivity index (χ0v) is 12.9. The van der Waals surface area contributed by atoms with Gasteiger partial charge in [0.25, 0.3) is 0 Å². The molecule has 0 aliphatic carbocycles. The van der Waals surface area contributed by atoms with Crippen LogP contribution in [0.2, 0.25) is 5.02 Å². The molecule has 6 nitrogen and oxygen atoms in total. The Balaban J connectivity index is 2.09. The Morgan fingerprint density at radius 2 is 1.70 bits per heavy atom. The van der Waals surface area contributed by atoms with Gasteiger partial charge in [-0.15, -0.1) is 0 Å². The van der Waals surface area contributed by atoms with Crippen molar-refractivity contribution in [3.05, 3.63) is 65.2 Å². The quantitative estimate of drug-likeness (QED) is 0.402. The van der Waals surface area contributed by atoms with Gasteiger partial charge in [0, 0.05) is 16.3 Å². The van der Waals surface area contributed by atoms with Gasteiger partial charge >= 0.3 is 12.1 Å². The number of esters is 1. The molecule has 2 aromatic rings. The summed E-state index contributed by atoms with van der Waals surface area (Å²) in [6, 6.07) is 15.0. The zero-order chi connectivity index (χ0) is 16.7. The SMILES string of the molecule is COC(=O)/C(=N/OC(=O)Nc1ccc(Cl)cc1)c1ccccc1. The molecule has 0 unspecified atom stereocenters. The summed E-state index contributed by atoms with van der Waals surface area (Å²) in [7, 11) is 1.22. The van der Waals surface area contributed by atoms with E-state index in [9.17, 15) is 9.59 Å². The molecular formula is C16H13ClN2O4. The number of rotatable bonds is 4. The highest BCUT2D eigenvalue weighted by atomic mass is 35.5. The first kappa shape index (κ1) is 16.5. The molecule has 0 saturated heterocycles. The maximum Gasteiger partial charge on any atom is 0.437 e. The molecule has 0 aliphatic heterocycles. The van der Waals surface area contributed by atoms with Gasteiger partial charge in [0.2, 0.25) is 0 Å². The number of carbonyl (C=O) groups is 2. The highest BCUT2D eigenvalue weighted by Crippen LogP contribution is 2.13.